The van der Waals surface area contributed by atoms with Gasteiger partial charge in [-0.25, -0.2) is 4.79 Å². The molecule has 0 bridgehead atoms. The van der Waals surface area contributed by atoms with Crippen molar-refractivity contribution >= 4 is 17.3 Å². The first-order chi connectivity index (χ1) is 13.9. The lowest BCUT2D eigenvalue weighted by atomic mass is 9.63. The summed E-state index contributed by atoms with van der Waals surface area (Å²) in [5.74, 6) is 0.0105. The zero-order valence-electron chi connectivity index (χ0n) is 17.8. The largest absolute Gasteiger partial charge is 0.477 e. The Labute approximate surface area is 179 Å². The van der Waals surface area contributed by atoms with Crippen molar-refractivity contribution in [1.82, 2.24) is 0 Å². The van der Waals surface area contributed by atoms with Crippen LogP contribution in [0.2, 0.25) is 0 Å². The van der Waals surface area contributed by atoms with Crippen LogP contribution in [0.25, 0.3) is 0 Å². The fourth-order valence-corrected chi connectivity index (χ4v) is 5.33. The zero-order valence-corrected chi connectivity index (χ0v) is 18.6. The maximum Gasteiger partial charge on any atom is 0.345 e. The SMILES string of the molecule is CCC1(C(O)C/C=C/[C@H]2CCC(C#N)C2)CCC1.CCCc1ccc(C(=O)O)s1. The number of aliphatic hydroxyl groups is 1. The Kier molecular flexibility index (Phi) is 9.39. The molecule has 29 heavy (non-hydrogen) atoms. The molecule has 2 N–H and O–H groups in total. The van der Waals surface area contributed by atoms with Crippen molar-refractivity contribution in [3.05, 3.63) is 34.0 Å². The molecule has 160 valence electrons. The van der Waals surface area contributed by atoms with E-state index in [0.29, 0.717) is 10.8 Å². The molecule has 0 radical (unpaired) electrons. The highest BCUT2D eigenvalue weighted by atomic mass is 32.1. The predicted octanol–water partition coefficient (Wildman–Crippen LogP) is 6.21. The van der Waals surface area contributed by atoms with Gasteiger partial charge in [0.15, 0.2) is 0 Å². The van der Waals surface area contributed by atoms with Crippen LogP contribution in [0.3, 0.4) is 0 Å². The van der Waals surface area contributed by atoms with Gasteiger partial charge in [-0.2, -0.15) is 5.26 Å². The van der Waals surface area contributed by atoms with Gasteiger partial charge in [0.1, 0.15) is 4.88 Å². The molecule has 3 atom stereocenters. The molecule has 2 saturated carbocycles. The van der Waals surface area contributed by atoms with Crippen molar-refractivity contribution < 1.29 is 15.0 Å². The topological polar surface area (TPSA) is 81.3 Å². The second-order valence-electron chi connectivity index (χ2n) is 8.47. The van der Waals surface area contributed by atoms with E-state index in [1.807, 2.05) is 6.07 Å². The van der Waals surface area contributed by atoms with Crippen molar-refractivity contribution in [3.63, 3.8) is 0 Å². The minimum Gasteiger partial charge on any atom is -0.477 e. The summed E-state index contributed by atoms with van der Waals surface area (Å²) >= 11 is 1.37. The molecule has 1 aromatic heterocycles. The van der Waals surface area contributed by atoms with E-state index in [1.54, 1.807) is 6.07 Å². The van der Waals surface area contributed by atoms with E-state index in [-0.39, 0.29) is 17.4 Å². The molecule has 2 fully saturated rings. The fraction of sp³-hybridized carbons (Fsp3) is 0.667. The van der Waals surface area contributed by atoms with E-state index in [0.717, 1.165) is 49.8 Å². The molecule has 3 rings (SSSR count). The number of aromatic carboxylic acids is 1. The van der Waals surface area contributed by atoms with Crippen LogP contribution in [0.5, 0.6) is 0 Å². The Morgan fingerprint density at radius 2 is 2.14 bits per heavy atom. The Hall–Kier alpha value is -1.64. The molecular weight excluding hydrogens is 382 g/mol. The van der Waals surface area contributed by atoms with Crippen molar-refractivity contribution in [2.24, 2.45) is 17.3 Å². The lowest BCUT2D eigenvalue weighted by Crippen LogP contribution is -2.40. The summed E-state index contributed by atoms with van der Waals surface area (Å²) in [6.07, 6.45) is 15.0. The third-order valence-electron chi connectivity index (χ3n) is 6.55. The van der Waals surface area contributed by atoms with Crippen LogP contribution in [0.15, 0.2) is 24.3 Å². The average molecular weight is 418 g/mol. The van der Waals surface area contributed by atoms with Crippen LogP contribution in [-0.4, -0.2) is 22.3 Å². The molecule has 2 aliphatic carbocycles. The predicted molar refractivity (Wildman–Crippen MR) is 118 cm³/mol. The Balaban J connectivity index is 0.000000234. The number of aliphatic hydroxyl groups excluding tert-OH is 1. The number of carboxylic acids is 1. The molecule has 0 amide bonds. The summed E-state index contributed by atoms with van der Waals surface area (Å²) in [5, 5.41) is 27.7. The van der Waals surface area contributed by atoms with Crippen LogP contribution in [0, 0.1) is 28.6 Å². The molecule has 0 aromatic carbocycles. The maximum absolute atomic E-state index is 10.4. The van der Waals surface area contributed by atoms with E-state index in [2.05, 4.69) is 32.1 Å². The van der Waals surface area contributed by atoms with E-state index >= 15 is 0 Å². The molecule has 0 aliphatic heterocycles. The number of hydrogen-bond acceptors (Lipinski definition) is 4. The summed E-state index contributed by atoms with van der Waals surface area (Å²) < 4.78 is 0. The summed E-state index contributed by atoms with van der Waals surface area (Å²) in [7, 11) is 0. The number of carboxylic acid groups (broad SMARTS) is 1. The van der Waals surface area contributed by atoms with Crippen molar-refractivity contribution in [1.29, 1.82) is 5.26 Å². The van der Waals surface area contributed by atoms with Crippen LogP contribution >= 0.6 is 11.3 Å². The lowest BCUT2D eigenvalue weighted by Gasteiger charge is -2.45. The van der Waals surface area contributed by atoms with E-state index in [4.69, 9.17) is 10.4 Å². The molecule has 1 aromatic rings. The Bertz CT molecular complexity index is 708. The van der Waals surface area contributed by atoms with Gasteiger partial charge in [0.05, 0.1) is 12.2 Å². The van der Waals surface area contributed by atoms with Gasteiger partial charge in [0.2, 0.25) is 0 Å². The van der Waals surface area contributed by atoms with Crippen LogP contribution < -0.4 is 0 Å². The van der Waals surface area contributed by atoms with Gasteiger partial charge in [0.25, 0.3) is 0 Å². The van der Waals surface area contributed by atoms with Crippen molar-refractivity contribution in [2.75, 3.05) is 0 Å². The summed E-state index contributed by atoms with van der Waals surface area (Å²) in [5.41, 5.74) is 0.217. The van der Waals surface area contributed by atoms with E-state index in [9.17, 15) is 9.90 Å². The summed E-state index contributed by atoms with van der Waals surface area (Å²) in [6.45, 7) is 4.28. The highest BCUT2D eigenvalue weighted by Crippen LogP contribution is 2.47. The van der Waals surface area contributed by atoms with Gasteiger partial charge in [0, 0.05) is 10.8 Å². The van der Waals surface area contributed by atoms with Gasteiger partial charge in [-0.05, 0) is 74.8 Å². The van der Waals surface area contributed by atoms with Gasteiger partial charge in [-0.1, -0.05) is 38.8 Å². The second-order valence-corrected chi connectivity index (χ2v) is 9.64. The number of nitriles is 1. The monoisotopic (exact) mass is 417 g/mol. The first-order valence-electron chi connectivity index (χ1n) is 11.0. The number of rotatable bonds is 8. The molecular formula is C24H35NO3S. The summed E-state index contributed by atoms with van der Waals surface area (Å²) in [6, 6.07) is 5.91. The lowest BCUT2D eigenvalue weighted by molar-refractivity contribution is -0.0355. The number of allylic oxidation sites excluding steroid dienone is 1. The first kappa shape index (κ1) is 23.6. The molecule has 1 heterocycles. The smallest absolute Gasteiger partial charge is 0.345 e. The molecule has 2 unspecified atom stereocenters. The van der Waals surface area contributed by atoms with Gasteiger partial charge in [-0.15, -0.1) is 11.3 Å². The molecule has 4 nitrogen and oxygen atoms in total. The zero-order chi connectivity index (χ0) is 21.3. The van der Waals surface area contributed by atoms with Gasteiger partial charge >= 0.3 is 5.97 Å². The highest BCUT2D eigenvalue weighted by Gasteiger charge is 2.40. The quantitative estimate of drug-likeness (QED) is 0.492. The number of carbonyl (C=O) groups is 1. The fourth-order valence-electron chi connectivity index (χ4n) is 4.39. The van der Waals surface area contributed by atoms with E-state index < -0.39 is 5.97 Å². The second kappa shape index (κ2) is 11.5. The standard InChI is InChI=1S/C16H25NO.C8H10O2S/c1-2-16(9-4-10-16)15(18)6-3-5-13-7-8-14(11-13)12-17;1-2-3-6-4-5-7(11-6)8(9)10/h3,5,13-15,18H,2,4,6-11H2,1H3;4-5H,2-3H2,1H3,(H,9,10)/b5-3+;/t13-,14?,15?;/m0./s1. The van der Waals surface area contributed by atoms with Gasteiger partial charge in [-0.3, -0.25) is 0 Å². The number of hydrogen-bond donors (Lipinski definition) is 2. The Morgan fingerprint density at radius 1 is 1.38 bits per heavy atom. The summed E-state index contributed by atoms with van der Waals surface area (Å²) in [4.78, 5) is 12.0. The molecule has 5 heteroatoms. The maximum atomic E-state index is 10.4. The number of thiophene rings is 1. The minimum atomic E-state index is -0.822. The Morgan fingerprint density at radius 3 is 2.62 bits per heavy atom. The highest BCUT2D eigenvalue weighted by molar-refractivity contribution is 7.13. The van der Waals surface area contributed by atoms with Crippen molar-refractivity contribution in [3.8, 4) is 6.07 Å². The molecule has 2 aliphatic rings. The van der Waals surface area contributed by atoms with Crippen LogP contribution in [0.1, 0.15) is 86.2 Å². The molecule has 0 spiro atoms. The third kappa shape index (κ3) is 6.69. The minimum absolute atomic E-state index is 0.166. The normalized spacial score (nSPS) is 23.7. The van der Waals surface area contributed by atoms with Crippen LogP contribution in [-0.2, 0) is 6.42 Å². The average Bonchev–Trinajstić information content (AvgIpc) is 3.32. The first-order valence-corrected chi connectivity index (χ1v) is 11.8. The van der Waals surface area contributed by atoms with Crippen molar-refractivity contribution in [2.45, 2.75) is 84.2 Å². The number of aryl methyl sites for hydroxylation is 1. The van der Waals surface area contributed by atoms with Gasteiger partial charge < -0.3 is 10.2 Å². The van der Waals surface area contributed by atoms with E-state index in [1.165, 1.54) is 30.6 Å². The third-order valence-corrected chi connectivity index (χ3v) is 7.69. The van der Waals surface area contributed by atoms with Crippen LogP contribution in [0.4, 0.5) is 0 Å². The number of nitrogens with zero attached hydrogens (tertiary/aromatic N) is 1. The molecule has 0 saturated heterocycles.